The van der Waals surface area contributed by atoms with E-state index in [1.54, 1.807) is 0 Å². The molecule has 0 saturated carbocycles. The van der Waals surface area contributed by atoms with Crippen LogP contribution in [0.25, 0.3) is 0 Å². The minimum absolute atomic E-state index is 0.210. The first kappa shape index (κ1) is 25.5. The van der Waals surface area contributed by atoms with Crippen molar-refractivity contribution >= 4 is 40.9 Å². The van der Waals surface area contributed by atoms with E-state index in [1.807, 2.05) is 0 Å². The zero-order valence-electron chi connectivity index (χ0n) is 14.2. The number of nitrogens with two attached hydrogens (primary N) is 1. The Morgan fingerprint density at radius 2 is 1.87 bits per heavy atom. The topological polar surface area (TPSA) is 250 Å². The number of phosphoric ester groups is 1. The fraction of sp³-hybridized carbons (Fsp3) is 0.556. The molecule has 0 amide bonds. The Morgan fingerprint density at radius 1 is 1.27 bits per heavy atom. The van der Waals surface area contributed by atoms with Gasteiger partial charge in [-0.05, 0) is 6.07 Å². The van der Waals surface area contributed by atoms with E-state index in [9.17, 15) is 32.9 Å². The van der Waals surface area contributed by atoms with E-state index in [4.69, 9.17) is 36.8 Å². The third-order valence-electron chi connectivity index (χ3n) is 3.30. The minimum atomic E-state index is -5.78. The first-order valence-electron chi connectivity index (χ1n) is 7.28. The molecule has 1 aliphatic heterocycles. The van der Waals surface area contributed by atoms with Crippen molar-refractivity contribution in [3.05, 3.63) is 22.7 Å². The number of nitrogen functional groups attached to an aromatic ring is 1. The maximum Gasteiger partial charge on any atom is 0.490 e. The third-order valence-corrected chi connectivity index (χ3v) is 7.51. The molecular weight excluding hydrogens is 505 g/mol. The molecule has 2 heterocycles. The number of ether oxygens (including phenoxy) is 1. The van der Waals surface area contributed by atoms with Crippen molar-refractivity contribution < 1.29 is 60.6 Å². The van der Waals surface area contributed by atoms with Crippen LogP contribution in [-0.2, 0) is 31.6 Å². The molecule has 21 heteroatoms. The molecule has 0 aliphatic carbocycles. The standard InChI is InChI=1S/C9H14ClFN3O13P3/c10-9(11)6(15)4(25-7(9)14-2-1-5(12)13-8(14)16)3-24-29(20,21)27-30(22,23)26-28(17,18)19/h1-2,4,6-7,15H,3H2,(H,20,21)(H,22,23)(H2,12,13,16)(H2,17,18,19)/t4-,6-,7-,9+/m1/s1. The van der Waals surface area contributed by atoms with E-state index < -0.39 is 59.3 Å². The van der Waals surface area contributed by atoms with Crippen LogP contribution in [0, 0.1) is 0 Å². The highest BCUT2D eigenvalue weighted by molar-refractivity contribution is 7.66. The molecule has 0 spiro atoms. The summed E-state index contributed by atoms with van der Waals surface area (Å²) < 4.78 is 65.0. The second-order valence-corrected chi connectivity index (χ2v) is 10.6. The van der Waals surface area contributed by atoms with Crippen LogP contribution in [0.3, 0.4) is 0 Å². The van der Waals surface area contributed by atoms with E-state index >= 15 is 0 Å². The molecule has 16 nitrogen and oxygen atoms in total. The zero-order valence-corrected chi connectivity index (χ0v) is 17.6. The molecule has 1 aromatic heterocycles. The Morgan fingerprint density at radius 3 is 2.40 bits per heavy atom. The van der Waals surface area contributed by atoms with Gasteiger partial charge in [-0.3, -0.25) is 9.09 Å². The SMILES string of the molecule is Nc1ccn([C@@H]2O[C@H](COP(=O)(O)OP(=O)(O)OP(=O)(O)O)[C@@H](O)[C@@]2(F)Cl)c(=O)n1. The highest BCUT2D eigenvalue weighted by atomic mass is 35.5. The normalized spacial score (nSPS) is 31.2. The number of hydrogen-bond acceptors (Lipinski definition) is 11. The summed E-state index contributed by atoms with van der Waals surface area (Å²) in [5, 5.41) is 6.80. The van der Waals surface area contributed by atoms with Crippen LogP contribution >= 0.6 is 35.1 Å². The monoisotopic (exact) mass is 519 g/mol. The molecule has 0 aromatic carbocycles. The molecule has 6 atom stereocenters. The summed E-state index contributed by atoms with van der Waals surface area (Å²) in [6.07, 6.45) is -5.14. The number of phosphoric acid groups is 3. The van der Waals surface area contributed by atoms with E-state index in [-0.39, 0.29) is 5.82 Å². The molecule has 0 radical (unpaired) electrons. The Kier molecular flexibility index (Phi) is 7.34. The molecule has 7 N–H and O–H groups in total. The predicted octanol–water partition coefficient (Wildman–Crippen LogP) is -0.668. The lowest BCUT2D eigenvalue weighted by Gasteiger charge is -2.22. The van der Waals surface area contributed by atoms with Gasteiger partial charge in [0.2, 0.25) is 0 Å². The van der Waals surface area contributed by atoms with Gasteiger partial charge in [-0.25, -0.2) is 22.9 Å². The van der Waals surface area contributed by atoms with Gasteiger partial charge in [-0.2, -0.15) is 13.6 Å². The first-order valence-corrected chi connectivity index (χ1v) is 12.2. The van der Waals surface area contributed by atoms with Gasteiger partial charge in [0.1, 0.15) is 18.0 Å². The van der Waals surface area contributed by atoms with Crippen LogP contribution in [0.2, 0.25) is 0 Å². The number of halogens is 2. The number of aliphatic hydroxyl groups is 1. The summed E-state index contributed by atoms with van der Waals surface area (Å²) >= 11 is 5.58. The number of aliphatic hydroxyl groups excluding tert-OH is 1. The van der Waals surface area contributed by atoms with Crippen molar-refractivity contribution in [2.24, 2.45) is 0 Å². The van der Waals surface area contributed by atoms with Crippen molar-refractivity contribution in [1.82, 2.24) is 9.55 Å². The molecule has 1 fully saturated rings. The maximum atomic E-state index is 14.7. The van der Waals surface area contributed by atoms with Gasteiger partial charge >= 0.3 is 29.2 Å². The second-order valence-electron chi connectivity index (χ2n) is 5.58. The van der Waals surface area contributed by atoms with E-state index in [0.717, 1.165) is 12.3 Å². The smallest absolute Gasteiger partial charge is 0.385 e. The molecule has 30 heavy (non-hydrogen) atoms. The quantitative estimate of drug-likeness (QED) is 0.184. The molecule has 2 rings (SSSR count). The maximum absolute atomic E-state index is 14.7. The average molecular weight is 520 g/mol. The molecule has 0 bridgehead atoms. The van der Waals surface area contributed by atoms with Gasteiger partial charge in [-0.15, -0.1) is 0 Å². The highest BCUT2D eigenvalue weighted by Gasteiger charge is 2.58. The largest absolute Gasteiger partial charge is 0.490 e. The summed E-state index contributed by atoms with van der Waals surface area (Å²) in [6, 6.07) is 1.09. The molecule has 1 aliphatic rings. The van der Waals surface area contributed by atoms with Crippen molar-refractivity contribution in [2.45, 2.75) is 23.6 Å². The summed E-state index contributed by atoms with van der Waals surface area (Å²) in [5.74, 6) is -0.210. The molecule has 1 saturated heterocycles. The van der Waals surface area contributed by atoms with Crippen LogP contribution < -0.4 is 11.4 Å². The van der Waals surface area contributed by atoms with Crippen molar-refractivity contribution in [1.29, 1.82) is 0 Å². The highest BCUT2D eigenvalue weighted by Crippen LogP contribution is 2.66. The molecular formula is C9H14ClFN3O13P3. The van der Waals surface area contributed by atoms with Crippen LogP contribution in [0.1, 0.15) is 6.23 Å². The minimum Gasteiger partial charge on any atom is -0.385 e. The lowest BCUT2D eigenvalue weighted by molar-refractivity contribution is -0.0508. The van der Waals surface area contributed by atoms with Gasteiger partial charge in [0.05, 0.1) is 6.61 Å². The average Bonchev–Trinajstić information content (AvgIpc) is 2.73. The number of nitrogens with zero attached hydrogens (tertiary/aromatic N) is 2. The van der Waals surface area contributed by atoms with Crippen LogP contribution in [0.5, 0.6) is 0 Å². The van der Waals surface area contributed by atoms with E-state index in [0.29, 0.717) is 4.57 Å². The molecule has 172 valence electrons. The van der Waals surface area contributed by atoms with Crippen molar-refractivity contribution in [3.63, 3.8) is 0 Å². The Bertz CT molecular complexity index is 1000. The van der Waals surface area contributed by atoms with E-state index in [2.05, 4.69) is 18.1 Å². The lowest BCUT2D eigenvalue weighted by Crippen LogP contribution is -2.41. The fourth-order valence-electron chi connectivity index (χ4n) is 2.18. The zero-order chi connectivity index (χ0) is 23.1. The number of rotatable bonds is 8. The van der Waals surface area contributed by atoms with Gasteiger partial charge < -0.3 is 35.2 Å². The Hall–Kier alpha value is -0.770. The Labute approximate surface area is 170 Å². The summed E-state index contributed by atoms with van der Waals surface area (Å²) in [5.41, 5.74) is 4.19. The predicted molar refractivity (Wildman–Crippen MR) is 92.3 cm³/mol. The molecule has 2 unspecified atom stereocenters. The molecule has 1 aromatic rings. The second kappa shape index (κ2) is 8.64. The third kappa shape index (κ3) is 6.37. The number of hydrogen-bond donors (Lipinski definition) is 6. The van der Waals surface area contributed by atoms with Gasteiger partial charge in [0.15, 0.2) is 6.23 Å². The van der Waals surface area contributed by atoms with Gasteiger partial charge in [0.25, 0.3) is 5.13 Å². The summed E-state index contributed by atoms with van der Waals surface area (Å²) in [4.78, 5) is 50.4. The van der Waals surface area contributed by atoms with Crippen LogP contribution in [0.4, 0.5) is 10.2 Å². The summed E-state index contributed by atoms with van der Waals surface area (Å²) in [7, 11) is -16.9. The van der Waals surface area contributed by atoms with Crippen molar-refractivity contribution in [3.8, 4) is 0 Å². The summed E-state index contributed by atoms with van der Waals surface area (Å²) in [6.45, 7) is -1.20. The first-order chi connectivity index (χ1) is 13.4. The van der Waals surface area contributed by atoms with E-state index in [1.165, 1.54) is 0 Å². The number of alkyl halides is 2. The van der Waals surface area contributed by atoms with Gasteiger partial charge in [-0.1, -0.05) is 11.6 Å². The number of anilines is 1. The van der Waals surface area contributed by atoms with Crippen LogP contribution in [0.15, 0.2) is 17.1 Å². The number of aromatic nitrogens is 2. The lowest BCUT2D eigenvalue weighted by atomic mass is 10.1. The van der Waals surface area contributed by atoms with Crippen LogP contribution in [-0.4, -0.2) is 58.2 Å². The van der Waals surface area contributed by atoms with Crippen molar-refractivity contribution in [2.75, 3.05) is 12.3 Å². The van der Waals surface area contributed by atoms with Gasteiger partial charge in [0, 0.05) is 6.20 Å². The Balaban J connectivity index is 2.12. The fourth-order valence-corrected chi connectivity index (χ4v) is 5.51.